The molecule has 4 amide bonds. The molecular formula is C31H37FN4O10. The average molecular weight is 645 g/mol. The molecule has 0 radical (unpaired) electrons. The number of aliphatic carboxylic acids is 1. The van der Waals surface area contributed by atoms with Crippen LogP contribution >= 0.6 is 0 Å². The van der Waals surface area contributed by atoms with Crippen LogP contribution < -0.4 is 21.3 Å². The van der Waals surface area contributed by atoms with Gasteiger partial charge in [-0.15, -0.1) is 0 Å². The Labute approximate surface area is 264 Å². The summed E-state index contributed by atoms with van der Waals surface area (Å²) in [5.74, 6) is -7.70. The van der Waals surface area contributed by atoms with E-state index >= 15 is 0 Å². The third-order valence-electron chi connectivity index (χ3n) is 6.60. The van der Waals surface area contributed by atoms with Crippen molar-refractivity contribution in [3.63, 3.8) is 0 Å². The lowest BCUT2D eigenvalue weighted by Gasteiger charge is -2.27. The highest BCUT2D eigenvalue weighted by Gasteiger charge is 2.33. The van der Waals surface area contributed by atoms with Crippen molar-refractivity contribution >= 4 is 41.4 Å². The lowest BCUT2D eigenvalue weighted by molar-refractivity contribution is -0.143. The molecule has 0 aromatic heterocycles. The minimum absolute atomic E-state index is 0.0117. The number of hydrogen-bond donors (Lipinski definition) is 6. The quantitative estimate of drug-likeness (QED) is 0.134. The summed E-state index contributed by atoms with van der Waals surface area (Å²) in [6, 6.07) is 8.99. The molecule has 0 bridgehead atoms. The molecule has 14 nitrogen and oxygen atoms in total. The predicted molar refractivity (Wildman–Crippen MR) is 160 cm³/mol. The molecule has 6 N–H and O–H groups in total. The molecule has 0 saturated heterocycles. The Morgan fingerprint density at radius 1 is 0.761 bits per heavy atom. The molecule has 2 aromatic carbocycles. The first-order chi connectivity index (χ1) is 21.7. The second-order valence-corrected chi connectivity index (χ2v) is 10.7. The van der Waals surface area contributed by atoms with E-state index in [9.17, 15) is 43.1 Å². The number of amides is 4. The second kappa shape index (κ2) is 17.8. The van der Waals surface area contributed by atoms with Gasteiger partial charge in [0, 0.05) is 6.42 Å². The standard InChI is InChI=1S/C31H37FN4O10/c1-17(2)26(30(44)33-18(3)28(42)34-22(14-25(39)40)27(41)24(38)15-32)36-29(43)23(13-19-9-11-21(37)12-10-19)35-31(45)46-16-20-7-5-4-6-8-20/h4-12,17-18,22-23,26,37H,13-16H2,1-3H3,(H,33,44)(H,34,42)(H,35,45)(H,36,43)(H,39,40). The highest BCUT2D eigenvalue weighted by molar-refractivity contribution is 6.40. The smallest absolute Gasteiger partial charge is 0.408 e. The first kappa shape index (κ1) is 36.8. The van der Waals surface area contributed by atoms with Gasteiger partial charge in [-0.1, -0.05) is 56.3 Å². The molecule has 0 heterocycles. The summed E-state index contributed by atoms with van der Waals surface area (Å²) < 4.78 is 17.9. The van der Waals surface area contributed by atoms with E-state index in [1.54, 1.807) is 56.3 Å². The number of phenols is 1. The number of carbonyl (C=O) groups excluding carboxylic acids is 6. The summed E-state index contributed by atoms with van der Waals surface area (Å²) >= 11 is 0. The van der Waals surface area contributed by atoms with Gasteiger partial charge in [0.1, 0.15) is 36.5 Å². The van der Waals surface area contributed by atoms with Gasteiger partial charge < -0.3 is 36.2 Å². The highest BCUT2D eigenvalue weighted by atomic mass is 19.1. The Morgan fingerprint density at radius 2 is 1.39 bits per heavy atom. The van der Waals surface area contributed by atoms with Crippen LogP contribution in [0.15, 0.2) is 54.6 Å². The fourth-order valence-electron chi connectivity index (χ4n) is 4.08. The highest BCUT2D eigenvalue weighted by Crippen LogP contribution is 2.13. The number of aromatic hydroxyl groups is 1. The first-order valence-corrected chi connectivity index (χ1v) is 14.2. The van der Waals surface area contributed by atoms with Gasteiger partial charge in [-0.25, -0.2) is 9.18 Å². The number of carboxylic acid groups (broad SMARTS) is 1. The Bertz CT molecular complexity index is 1400. The summed E-state index contributed by atoms with van der Waals surface area (Å²) in [6.45, 7) is 2.67. The molecule has 4 unspecified atom stereocenters. The van der Waals surface area contributed by atoms with Crippen molar-refractivity contribution in [2.45, 2.75) is 64.4 Å². The van der Waals surface area contributed by atoms with E-state index in [4.69, 9.17) is 9.84 Å². The number of Topliss-reactive ketones (excluding diaryl/α,β-unsaturated/α-hetero) is 2. The van der Waals surface area contributed by atoms with Crippen molar-refractivity contribution in [3.8, 4) is 5.75 Å². The number of nitrogens with one attached hydrogen (secondary N) is 4. The minimum atomic E-state index is -1.86. The number of rotatable bonds is 17. The lowest BCUT2D eigenvalue weighted by atomic mass is 10.0. The van der Waals surface area contributed by atoms with Crippen molar-refractivity contribution in [1.82, 2.24) is 21.3 Å². The molecule has 2 rings (SSSR count). The average Bonchev–Trinajstić information content (AvgIpc) is 3.02. The van der Waals surface area contributed by atoms with Crippen LogP contribution in [0.1, 0.15) is 38.3 Å². The fraction of sp³-hybridized carbons (Fsp3) is 0.387. The lowest BCUT2D eigenvalue weighted by Crippen LogP contribution is -2.59. The molecule has 0 aliphatic rings. The number of alkyl halides is 1. The van der Waals surface area contributed by atoms with Crippen molar-refractivity contribution in [3.05, 3.63) is 65.7 Å². The zero-order valence-electron chi connectivity index (χ0n) is 25.4. The second-order valence-electron chi connectivity index (χ2n) is 10.7. The summed E-state index contributed by atoms with van der Waals surface area (Å²) in [7, 11) is 0. The normalized spacial score (nSPS) is 13.3. The van der Waals surface area contributed by atoms with Gasteiger partial charge in [-0.3, -0.25) is 28.8 Å². The van der Waals surface area contributed by atoms with Gasteiger partial charge in [0.05, 0.1) is 6.42 Å². The van der Waals surface area contributed by atoms with E-state index in [1.165, 1.54) is 19.1 Å². The van der Waals surface area contributed by atoms with Gasteiger partial charge in [0.25, 0.3) is 0 Å². The maximum atomic E-state index is 13.4. The van der Waals surface area contributed by atoms with Crippen LogP contribution in [0.3, 0.4) is 0 Å². The van der Waals surface area contributed by atoms with Crippen molar-refractivity contribution < 1.29 is 52.9 Å². The SMILES string of the molecule is CC(NC(=O)C(NC(=O)C(Cc1ccc(O)cc1)NC(=O)OCc1ccccc1)C(C)C)C(=O)NC(CC(=O)O)C(=O)C(=O)CF. The van der Waals surface area contributed by atoms with Crippen molar-refractivity contribution in [2.24, 2.45) is 5.92 Å². The molecule has 0 saturated carbocycles. The number of phenolic OH excluding ortho intramolecular Hbond substituents is 1. The van der Waals surface area contributed by atoms with E-state index in [0.717, 1.165) is 0 Å². The molecule has 0 aliphatic carbocycles. The molecule has 2 aromatic rings. The Kier molecular flexibility index (Phi) is 14.3. The van der Waals surface area contributed by atoms with Gasteiger partial charge in [-0.05, 0) is 36.1 Å². The maximum Gasteiger partial charge on any atom is 0.408 e. The van der Waals surface area contributed by atoms with E-state index in [2.05, 4.69) is 16.0 Å². The van der Waals surface area contributed by atoms with Crippen LogP contribution in [0.5, 0.6) is 5.75 Å². The fourth-order valence-corrected chi connectivity index (χ4v) is 4.08. The summed E-state index contributed by atoms with van der Waals surface area (Å²) in [4.78, 5) is 86.6. The topological polar surface area (TPSA) is 217 Å². The van der Waals surface area contributed by atoms with E-state index in [1.807, 2.05) is 5.32 Å². The molecule has 15 heteroatoms. The zero-order valence-corrected chi connectivity index (χ0v) is 25.4. The Hall–Kier alpha value is -5.34. The van der Waals surface area contributed by atoms with Crippen LogP contribution in [0.25, 0.3) is 0 Å². The van der Waals surface area contributed by atoms with E-state index < -0.39 is 84.5 Å². The van der Waals surface area contributed by atoms with Crippen molar-refractivity contribution in [2.75, 3.05) is 6.67 Å². The van der Waals surface area contributed by atoms with Gasteiger partial charge in [0.2, 0.25) is 29.3 Å². The Balaban J connectivity index is 2.14. The third kappa shape index (κ3) is 12.0. The number of hydrogen-bond acceptors (Lipinski definition) is 9. The molecule has 248 valence electrons. The molecule has 46 heavy (non-hydrogen) atoms. The minimum Gasteiger partial charge on any atom is -0.508 e. The molecule has 4 atom stereocenters. The predicted octanol–water partition coefficient (Wildman–Crippen LogP) is 0.942. The van der Waals surface area contributed by atoms with Crippen molar-refractivity contribution in [1.29, 1.82) is 0 Å². The maximum absolute atomic E-state index is 13.4. The zero-order chi connectivity index (χ0) is 34.4. The van der Waals surface area contributed by atoms with Crippen LogP contribution in [0.2, 0.25) is 0 Å². The van der Waals surface area contributed by atoms with Gasteiger partial charge in [-0.2, -0.15) is 0 Å². The number of halogens is 1. The van der Waals surface area contributed by atoms with E-state index in [-0.39, 0.29) is 18.8 Å². The number of alkyl carbamates (subject to hydrolysis) is 1. The van der Waals surface area contributed by atoms with Crippen LogP contribution in [0, 0.1) is 5.92 Å². The van der Waals surface area contributed by atoms with E-state index in [0.29, 0.717) is 11.1 Å². The first-order valence-electron chi connectivity index (χ1n) is 14.2. The molecule has 0 spiro atoms. The monoisotopic (exact) mass is 644 g/mol. The number of ketones is 2. The molecular weight excluding hydrogens is 607 g/mol. The summed E-state index contributed by atoms with van der Waals surface area (Å²) in [5, 5.41) is 28.1. The molecule has 0 fully saturated rings. The number of carbonyl (C=O) groups is 7. The van der Waals surface area contributed by atoms with Gasteiger partial charge >= 0.3 is 12.1 Å². The van der Waals surface area contributed by atoms with Crippen LogP contribution in [-0.2, 0) is 46.5 Å². The summed E-state index contributed by atoms with van der Waals surface area (Å²) in [6.07, 6.45) is -1.95. The Morgan fingerprint density at radius 3 is 1.96 bits per heavy atom. The number of benzene rings is 2. The summed E-state index contributed by atoms with van der Waals surface area (Å²) in [5.41, 5.74) is 1.27. The molecule has 0 aliphatic heterocycles. The number of carboxylic acids is 1. The van der Waals surface area contributed by atoms with Crippen LogP contribution in [-0.4, -0.2) is 82.4 Å². The van der Waals surface area contributed by atoms with Gasteiger partial charge in [0.15, 0.2) is 6.67 Å². The largest absolute Gasteiger partial charge is 0.508 e. The third-order valence-corrected chi connectivity index (χ3v) is 6.60. The number of ether oxygens (including phenoxy) is 1. The van der Waals surface area contributed by atoms with Crippen LogP contribution in [0.4, 0.5) is 9.18 Å².